The van der Waals surface area contributed by atoms with Gasteiger partial charge >= 0.3 is 6.09 Å². The van der Waals surface area contributed by atoms with Crippen LogP contribution in [0.2, 0.25) is 0 Å². The van der Waals surface area contributed by atoms with Crippen LogP contribution in [0.4, 0.5) is 4.79 Å². The molecule has 0 aromatic heterocycles. The predicted molar refractivity (Wildman–Crippen MR) is 117 cm³/mol. The van der Waals surface area contributed by atoms with Crippen molar-refractivity contribution in [3.05, 3.63) is 71.3 Å². The third-order valence-electron chi connectivity index (χ3n) is 4.02. The van der Waals surface area contributed by atoms with E-state index in [1.54, 1.807) is 45.0 Å². The van der Waals surface area contributed by atoms with Crippen LogP contribution >= 0.6 is 0 Å². The Morgan fingerprint density at radius 3 is 2.10 bits per heavy atom. The molecule has 0 spiro atoms. The highest BCUT2D eigenvalue weighted by atomic mass is 16.6. The molecule has 0 aliphatic heterocycles. The molecule has 164 valence electrons. The van der Waals surface area contributed by atoms with E-state index in [0.717, 1.165) is 11.1 Å². The van der Waals surface area contributed by atoms with E-state index in [2.05, 4.69) is 10.6 Å². The minimum absolute atomic E-state index is 0.259. The average molecular weight is 425 g/mol. The topological polar surface area (TPSA) is 117 Å². The van der Waals surface area contributed by atoms with Crippen molar-refractivity contribution in [2.24, 2.45) is 0 Å². The van der Waals surface area contributed by atoms with Crippen LogP contribution in [0.5, 0.6) is 0 Å². The number of carbonyl (C=O) groups is 3. The van der Waals surface area contributed by atoms with E-state index in [-0.39, 0.29) is 6.54 Å². The number of amides is 3. The molecule has 2 rings (SSSR count). The highest BCUT2D eigenvalue weighted by molar-refractivity contribution is 5.97. The third kappa shape index (κ3) is 8.31. The molecule has 0 aliphatic carbocycles. The summed E-state index contributed by atoms with van der Waals surface area (Å²) in [5, 5.41) is 13.8. The normalized spacial score (nSPS) is 12.1. The summed E-state index contributed by atoms with van der Waals surface area (Å²) in [7, 11) is 0. The van der Waals surface area contributed by atoms with E-state index < -0.39 is 29.6 Å². The summed E-state index contributed by atoms with van der Waals surface area (Å²) < 4.78 is 5.10. The standard InChI is InChI=1S/C23H27N3O5/c1-23(2,3)31-22(29)24-15-19(21(28)26-30)25-20(27)18-13-11-17(12-14-18)10-9-16-7-5-4-6-8-16/h4-14,19,30H,15H2,1-3H3,(H,24,29)(H,25,27)(H,26,28)/t19-/m0/s1. The van der Waals surface area contributed by atoms with Gasteiger partial charge in [-0.15, -0.1) is 0 Å². The molecular weight excluding hydrogens is 398 g/mol. The lowest BCUT2D eigenvalue weighted by atomic mass is 10.1. The number of nitrogens with one attached hydrogen (secondary N) is 3. The van der Waals surface area contributed by atoms with Gasteiger partial charge in [0.1, 0.15) is 11.6 Å². The Hall–Kier alpha value is -3.65. The molecule has 0 fully saturated rings. The quantitative estimate of drug-likeness (QED) is 0.309. The van der Waals surface area contributed by atoms with Crippen LogP contribution in [-0.4, -0.2) is 41.3 Å². The summed E-state index contributed by atoms with van der Waals surface area (Å²) in [4.78, 5) is 36.2. The summed E-state index contributed by atoms with van der Waals surface area (Å²) in [6.45, 7) is 4.84. The van der Waals surface area contributed by atoms with Gasteiger partial charge in [-0.3, -0.25) is 14.8 Å². The summed E-state index contributed by atoms with van der Waals surface area (Å²) in [6, 6.07) is 15.4. The van der Waals surface area contributed by atoms with Gasteiger partial charge in [-0.25, -0.2) is 10.3 Å². The molecule has 2 aromatic carbocycles. The van der Waals surface area contributed by atoms with Crippen molar-refractivity contribution in [2.45, 2.75) is 32.4 Å². The minimum atomic E-state index is -1.19. The number of carbonyl (C=O) groups excluding carboxylic acids is 3. The lowest BCUT2D eigenvalue weighted by molar-refractivity contribution is -0.131. The van der Waals surface area contributed by atoms with E-state index in [4.69, 9.17) is 9.94 Å². The molecule has 0 bridgehead atoms. The number of ether oxygens (including phenoxy) is 1. The zero-order valence-electron chi connectivity index (χ0n) is 17.7. The fourth-order valence-electron chi connectivity index (χ4n) is 2.53. The van der Waals surface area contributed by atoms with Crippen molar-refractivity contribution in [3.8, 4) is 0 Å². The van der Waals surface area contributed by atoms with Crippen molar-refractivity contribution < 1.29 is 24.3 Å². The molecule has 0 saturated heterocycles. The monoisotopic (exact) mass is 425 g/mol. The van der Waals surface area contributed by atoms with E-state index in [1.165, 1.54) is 5.48 Å². The van der Waals surface area contributed by atoms with Crippen LogP contribution in [-0.2, 0) is 9.53 Å². The van der Waals surface area contributed by atoms with Gasteiger partial charge < -0.3 is 15.4 Å². The maximum absolute atomic E-state index is 12.5. The van der Waals surface area contributed by atoms with E-state index in [1.807, 2.05) is 42.5 Å². The van der Waals surface area contributed by atoms with Crippen molar-refractivity contribution in [1.82, 2.24) is 16.1 Å². The first-order valence-corrected chi connectivity index (χ1v) is 9.73. The average Bonchev–Trinajstić information content (AvgIpc) is 2.74. The summed E-state index contributed by atoms with van der Waals surface area (Å²) in [5.41, 5.74) is 3.05. The molecule has 31 heavy (non-hydrogen) atoms. The van der Waals surface area contributed by atoms with E-state index >= 15 is 0 Å². The van der Waals surface area contributed by atoms with Crippen LogP contribution in [0.1, 0.15) is 42.3 Å². The Labute approximate surface area is 181 Å². The van der Waals surface area contributed by atoms with Gasteiger partial charge in [0, 0.05) is 5.56 Å². The summed E-state index contributed by atoms with van der Waals surface area (Å²) in [6.07, 6.45) is 3.13. The number of alkyl carbamates (subject to hydrolysis) is 1. The first kappa shape index (κ1) is 23.6. The van der Waals surface area contributed by atoms with Crippen molar-refractivity contribution in [2.75, 3.05) is 6.54 Å². The van der Waals surface area contributed by atoms with Gasteiger partial charge in [0.05, 0.1) is 6.54 Å². The van der Waals surface area contributed by atoms with Crippen molar-refractivity contribution in [3.63, 3.8) is 0 Å². The largest absolute Gasteiger partial charge is 0.444 e. The fraction of sp³-hybridized carbons (Fsp3) is 0.261. The molecule has 0 unspecified atom stereocenters. The first-order valence-electron chi connectivity index (χ1n) is 9.73. The molecule has 0 aliphatic rings. The Balaban J connectivity index is 1.98. The van der Waals surface area contributed by atoms with Crippen molar-refractivity contribution in [1.29, 1.82) is 0 Å². The van der Waals surface area contributed by atoms with Gasteiger partial charge in [0.15, 0.2) is 0 Å². The first-order chi connectivity index (χ1) is 14.7. The smallest absolute Gasteiger partial charge is 0.407 e. The van der Waals surface area contributed by atoms with Crippen molar-refractivity contribution >= 4 is 30.1 Å². The fourth-order valence-corrected chi connectivity index (χ4v) is 2.53. The van der Waals surface area contributed by atoms with Crippen LogP contribution in [0.25, 0.3) is 12.2 Å². The maximum atomic E-state index is 12.5. The van der Waals surface area contributed by atoms with E-state index in [9.17, 15) is 14.4 Å². The molecule has 8 heteroatoms. The number of hydrogen-bond acceptors (Lipinski definition) is 5. The highest BCUT2D eigenvalue weighted by Gasteiger charge is 2.23. The second-order valence-corrected chi connectivity index (χ2v) is 7.75. The Bertz CT molecular complexity index is 918. The zero-order chi connectivity index (χ0) is 22.9. The molecule has 8 nitrogen and oxygen atoms in total. The van der Waals surface area contributed by atoms with Gasteiger partial charge in [0.2, 0.25) is 0 Å². The maximum Gasteiger partial charge on any atom is 0.407 e. The number of benzene rings is 2. The molecule has 3 amide bonds. The van der Waals surface area contributed by atoms with Gasteiger partial charge in [-0.1, -0.05) is 54.6 Å². The Kier molecular flexibility index (Phi) is 8.33. The molecule has 4 N–H and O–H groups in total. The Morgan fingerprint density at radius 2 is 1.55 bits per heavy atom. The molecule has 0 heterocycles. The van der Waals surface area contributed by atoms with Gasteiger partial charge in [-0.2, -0.15) is 0 Å². The zero-order valence-corrected chi connectivity index (χ0v) is 17.7. The summed E-state index contributed by atoms with van der Waals surface area (Å²) in [5.74, 6) is -1.40. The van der Waals surface area contributed by atoms with Crippen LogP contribution < -0.4 is 16.1 Å². The lowest BCUT2D eigenvalue weighted by Crippen LogP contribution is -2.52. The second-order valence-electron chi connectivity index (χ2n) is 7.75. The lowest BCUT2D eigenvalue weighted by Gasteiger charge is -2.21. The predicted octanol–water partition coefficient (Wildman–Crippen LogP) is 2.99. The van der Waals surface area contributed by atoms with Crippen LogP contribution in [0.3, 0.4) is 0 Å². The Morgan fingerprint density at radius 1 is 0.968 bits per heavy atom. The highest BCUT2D eigenvalue weighted by Crippen LogP contribution is 2.10. The van der Waals surface area contributed by atoms with Gasteiger partial charge in [0.25, 0.3) is 11.8 Å². The van der Waals surface area contributed by atoms with E-state index in [0.29, 0.717) is 5.56 Å². The van der Waals surface area contributed by atoms with Crippen LogP contribution in [0.15, 0.2) is 54.6 Å². The SMILES string of the molecule is CC(C)(C)OC(=O)NC[C@H](NC(=O)c1ccc(C=Cc2ccccc2)cc1)C(=O)NO. The van der Waals surface area contributed by atoms with Gasteiger partial charge in [-0.05, 0) is 44.0 Å². The second kappa shape index (κ2) is 10.9. The minimum Gasteiger partial charge on any atom is -0.444 e. The number of rotatable bonds is 7. The molecular formula is C23H27N3O5. The van der Waals surface area contributed by atoms with Crippen LogP contribution in [0, 0.1) is 0 Å². The third-order valence-corrected chi connectivity index (χ3v) is 4.02. The molecule has 0 saturated carbocycles. The molecule has 1 atom stereocenters. The molecule has 0 radical (unpaired) electrons. The summed E-state index contributed by atoms with van der Waals surface area (Å²) >= 11 is 0. The molecule has 2 aromatic rings. The number of hydroxylamine groups is 1. The number of hydrogen-bond donors (Lipinski definition) is 4.